The van der Waals surface area contributed by atoms with Gasteiger partial charge in [-0.15, -0.1) is 0 Å². The molecule has 2 N–H and O–H groups in total. The van der Waals surface area contributed by atoms with Gasteiger partial charge in [-0.1, -0.05) is 0 Å². The highest BCUT2D eigenvalue weighted by Crippen LogP contribution is 2.36. The van der Waals surface area contributed by atoms with Gasteiger partial charge in [0.25, 0.3) is 5.91 Å². The summed E-state index contributed by atoms with van der Waals surface area (Å²) in [5.41, 5.74) is 2.74. The number of methoxy groups -OCH3 is 2. The number of esters is 1. The molecule has 0 bridgehead atoms. The van der Waals surface area contributed by atoms with Gasteiger partial charge in [0.2, 0.25) is 5.91 Å². The molecule has 2 aromatic heterocycles. The molecule has 34 heavy (non-hydrogen) atoms. The lowest BCUT2D eigenvalue weighted by atomic mass is 10.1. The molecule has 0 spiro atoms. The molecule has 9 nitrogen and oxygen atoms in total. The summed E-state index contributed by atoms with van der Waals surface area (Å²) in [5.74, 6) is 0.256. The molecule has 1 aliphatic carbocycles. The Balaban J connectivity index is 1.56. The second kappa shape index (κ2) is 8.81. The van der Waals surface area contributed by atoms with Crippen molar-refractivity contribution in [1.29, 1.82) is 0 Å². The first kappa shape index (κ1) is 21.9. The van der Waals surface area contributed by atoms with Crippen LogP contribution in [-0.2, 0) is 9.53 Å². The van der Waals surface area contributed by atoms with Gasteiger partial charge in [0.15, 0.2) is 5.82 Å². The number of H-pyrrole nitrogens is 1. The van der Waals surface area contributed by atoms with Crippen molar-refractivity contribution in [2.24, 2.45) is 5.92 Å². The average Bonchev–Trinajstić information content (AvgIpc) is 3.38. The fourth-order valence-corrected chi connectivity index (χ4v) is 4.34. The van der Waals surface area contributed by atoms with Gasteiger partial charge in [0.1, 0.15) is 5.75 Å². The van der Waals surface area contributed by atoms with E-state index in [0.29, 0.717) is 39.3 Å². The van der Waals surface area contributed by atoms with E-state index in [1.807, 2.05) is 11.0 Å². The molecule has 0 unspecified atom stereocenters. The van der Waals surface area contributed by atoms with E-state index in [0.717, 1.165) is 38.8 Å². The highest BCUT2D eigenvalue weighted by molar-refractivity contribution is 6.10. The first-order chi connectivity index (χ1) is 16.5. The smallest absolute Gasteiger partial charge is 0.340 e. The lowest BCUT2D eigenvalue weighted by Gasteiger charge is -2.16. The van der Waals surface area contributed by atoms with Crippen LogP contribution in [0.1, 0.15) is 46.4 Å². The summed E-state index contributed by atoms with van der Waals surface area (Å²) in [6.45, 7) is 1.53. The summed E-state index contributed by atoms with van der Waals surface area (Å²) in [4.78, 5) is 47.0. The molecule has 2 aliphatic rings. The number of amides is 2. The number of carbonyl (C=O) groups is 3. The van der Waals surface area contributed by atoms with Crippen molar-refractivity contribution >= 4 is 34.5 Å². The molecule has 2 fully saturated rings. The topological polar surface area (TPSA) is 114 Å². The quantitative estimate of drug-likeness (QED) is 0.541. The number of fused-ring (bicyclic) bond motifs is 1. The predicted octanol–water partition coefficient (Wildman–Crippen LogP) is 3.61. The molecule has 2 amide bonds. The number of nitrogens with one attached hydrogen (secondary N) is 2. The van der Waals surface area contributed by atoms with Crippen LogP contribution >= 0.6 is 0 Å². The molecule has 1 saturated heterocycles. The maximum atomic E-state index is 12.8. The van der Waals surface area contributed by atoms with Crippen molar-refractivity contribution in [3.05, 3.63) is 41.6 Å². The molecule has 176 valence electrons. The van der Waals surface area contributed by atoms with Gasteiger partial charge < -0.3 is 24.7 Å². The van der Waals surface area contributed by atoms with E-state index in [2.05, 4.69) is 15.3 Å². The number of hydrogen-bond donors (Lipinski definition) is 2. The third-order valence-electron chi connectivity index (χ3n) is 6.39. The Labute approximate surface area is 196 Å². The Morgan fingerprint density at radius 2 is 1.88 bits per heavy atom. The summed E-state index contributed by atoms with van der Waals surface area (Å²) < 4.78 is 10.5. The van der Waals surface area contributed by atoms with Crippen LogP contribution in [0.4, 0.5) is 5.82 Å². The van der Waals surface area contributed by atoms with Crippen molar-refractivity contribution < 1.29 is 23.9 Å². The molecular weight excluding hydrogens is 436 g/mol. The largest absolute Gasteiger partial charge is 0.496 e. The van der Waals surface area contributed by atoms with Crippen LogP contribution < -0.4 is 10.1 Å². The molecular formula is C25H26N4O5. The van der Waals surface area contributed by atoms with Gasteiger partial charge in [-0.05, 0) is 49.9 Å². The van der Waals surface area contributed by atoms with E-state index in [4.69, 9.17) is 9.47 Å². The van der Waals surface area contributed by atoms with Gasteiger partial charge in [-0.2, -0.15) is 0 Å². The number of likely N-dealkylation sites (tertiary alicyclic amines) is 1. The van der Waals surface area contributed by atoms with Crippen LogP contribution in [0.3, 0.4) is 0 Å². The standard InChI is InChI=1S/C25H26N4O5/c1-33-20-11-15(24(31)29-9-3-4-10-29)7-8-16(20)19-12-17-18(25(32)34-2)13-26-22(21(17)27-19)28-23(30)14-5-6-14/h7-8,11-14,27H,3-6,9-10H2,1-2H3,(H,26,28,30). The van der Waals surface area contributed by atoms with E-state index < -0.39 is 5.97 Å². The average molecular weight is 463 g/mol. The lowest BCUT2D eigenvalue weighted by molar-refractivity contribution is -0.117. The van der Waals surface area contributed by atoms with Crippen LogP contribution in [0.5, 0.6) is 5.75 Å². The molecule has 9 heteroatoms. The number of hydrogen-bond acceptors (Lipinski definition) is 6. The summed E-state index contributed by atoms with van der Waals surface area (Å²) in [6, 6.07) is 7.13. The van der Waals surface area contributed by atoms with Gasteiger partial charge in [-0.3, -0.25) is 9.59 Å². The van der Waals surface area contributed by atoms with E-state index in [9.17, 15) is 14.4 Å². The van der Waals surface area contributed by atoms with Crippen LogP contribution in [0.2, 0.25) is 0 Å². The fraction of sp³-hybridized carbons (Fsp3) is 0.360. The van der Waals surface area contributed by atoms with E-state index in [1.165, 1.54) is 13.3 Å². The van der Waals surface area contributed by atoms with E-state index >= 15 is 0 Å². The Bertz CT molecular complexity index is 1290. The number of nitrogens with zero attached hydrogens (tertiary/aromatic N) is 2. The lowest BCUT2D eigenvalue weighted by Crippen LogP contribution is -2.27. The molecule has 1 saturated carbocycles. The van der Waals surface area contributed by atoms with E-state index in [-0.39, 0.29) is 23.3 Å². The van der Waals surface area contributed by atoms with Crippen molar-refractivity contribution in [3.63, 3.8) is 0 Å². The number of pyridine rings is 1. The monoisotopic (exact) mass is 462 g/mol. The molecule has 1 aromatic carbocycles. The molecule has 1 aliphatic heterocycles. The molecule has 0 atom stereocenters. The summed E-state index contributed by atoms with van der Waals surface area (Å²) in [7, 11) is 2.86. The zero-order valence-corrected chi connectivity index (χ0v) is 19.1. The zero-order valence-electron chi connectivity index (χ0n) is 19.1. The minimum absolute atomic E-state index is 0.00680. The van der Waals surface area contributed by atoms with Crippen molar-refractivity contribution in [2.75, 3.05) is 32.6 Å². The van der Waals surface area contributed by atoms with Crippen molar-refractivity contribution in [3.8, 4) is 17.0 Å². The molecule has 5 rings (SSSR count). The Morgan fingerprint density at radius 1 is 1.12 bits per heavy atom. The number of carbonyl (C=O) groups excluding carboxylic acids is 3. The maximum Gasteiger partial charge on any atom is 0.340 e. The minimum atomic E-state index is -0.526. The van der Waals surface area contributed by atoms with Gasteiger partial charge in [0.05, 0.1) is 31.0 Å². The van der Waals surface area contributed by atoms with E-state index in [1.54, 1.807) is 25.3 Å². The van der Waals surface area contributed by atoms with Crippen LogP contribution in [0, 0.1) is 5.92 Å². The Hall–Kier alpha value is -3.88. The zero-order chi connectivity index (χ0) is 23.8. The third kappa shape index (κ3) is 3.98. The number of anilines is 1. The second-order valence-corrected chi connectivity index (χ2v) is 8.66. The summed E-state index contributed by atoms with van der Waals surface area (Å²) >= 11 is 0. The van der Waals surface area contributed by atoms with Crippen LogP contribution in [-0.4, -0.2) is 60.0 Å². The highest BCUT2D eigenvalue weighted by Gasteiger charge is 2.31. The fourth-order valence-electron chi connectivity index (χ4n) is 4.34. The number of aromatic nitrogens is 2. The van der Waals surface area contributed by atoms with Crippen molar-refractivity contribution in [2.45, 2.75) is 25.7 Å². The summed E-state index contributed by atoms with van der Waals surface area (Å²) in [6.07, 6.45) is 5.18. The molecule has 3 aromatic rings. The number of ether oxygens (including phenoxy) is 2. The third-order valence-corrected chi connectivity index (χ3v) is 6.39. The van der Waals surface area contributed by atoms with Crippen LogP contribution in [0.25, 0.3) is 22.2 Å². The first-order valence-corrected chi connectivity index (χ1v) is 11.4. The molecule has 3 heterocycles. The molecule has 0 radical (unpaired) electrons. The van der Waals surface area contributed by atoms with Gasteiger partial charge in [0, 0.05) is 41.7 Å². The van der Waals surface area contributed by atoms with Crippen molar-refractivity contribution in [1.82, 2.24) is 14.9 Å². The normalized spacial score (nSPS) is 15.4. The number of rotatable bonds is 6. The Morgan fingerprint density at radius 3 is 2.56 bits per heavy atom. The highest BCUT2D eigenvalue weighted by atomic mass is 16.5. The Kier molecular flexibility index (Phi) is 5.69. The van der Waals surface area contributed by atoms with Gasteiger partial charge in [-0.25, -0.2) is 9.78 Å². The predicted molar refractivity (Wildman–Crippen MR) is 126 cm³/mol. The van der Waals surface area contributed by atoms with Crippen LogP contribution in [0.15, 0.2) is 30.5 Å². The SMILES string of the molecule is COC(=O)c1cnc(NC(=O)C2CC2)c2[nH]c(-c3ccc(C(=O)N4CCCC4)cc3OC)cc12. The summed E-state index contributed by atoms with van der Waals surface area (Å²) in [5, 5.41) is 3.44. The number of benzene rings is 1. The number of aromatic amines is 1. The second-order valence-electron chi connectivity index (χ2n) is 8.66. The van der Waals surface area contributed by atoms with Gasteiger partial charge >= 0.3 is 5.97 Å². The maximum absolute atomic E-state index is 12.8. The first-order valence-electron chi connectivity index (χ1n) is 11.4. The minimum Gasteiger partial charge on any atom is -0.496 e.